The molecule has 0 aliphatic heterocycles. The third-order valence-corrected chi connectivity index (χ3v) is 2.99. The number of H-pyrrole nitrogens is 1. The van der Waals surface area contributed by atoms with E-state index in [1.807, 2.05) is 18.2 Å². The Hall–Kier alpha value is -1.13. The summed E-state index contributed by atoms with van der Waals surface area (Å²) in [6.45, 7) is 2.52. The molecule has 0 radical (unpaired) electrons. The van der Waals surface area contributed by atoms with Crippen molar-refractivity contribution in [2.24, 2.45) is 5.73 Å². The highest BCUT2D eigenvalue weighted by Gasteiger charge is 2.09. The second-order valence-corrected chi connectivity index (χ2v) is 4.12. The quantitative estimate of drug-likeness (QED) is 0.877. The molecule has 0 bridgehead atoms. The number of benzene rings is 1. The van der Waals surface area contributed by atoms with Crippen LogP contribution in [0.3, 0.4) is 0 Å². The van der Waals surface area contributed by atoms with Crippen LogP contribution in [0.4, 0.5) is 0 Å². The van der Waals surface area contributed by atoms with Gasteiger partial charge in [-0.25, -0.2) is 4.98 Å². The van der Waals surface area contributed by atoms with Crippen LogP contribution in [-0.2, 0) is 6.54 Å². The number of hydrogen-bond acceptors (Lipinski definition) is 2. The normalized spacial score (nSPS) is 10.6. The highest BCUT2D eigenvalue weighted by Crippen LogP contribution is 2.23. The number of aromatic amines is 1. The van der Waals surface area contributed by atoms with Crippen LogP contribution in [0, 0.1) is 6.92 Å². The molecule has 4 heteroatoms. The smallest absolute Gasteiger partial charge is 0.139 e. The first-order chi connectivity index (χ1) is 7.22. The minimum atomic E-state index is 0.458. The number of nitrogens with one attached hydrogen (secondary N) is 1. The Labute approximate surface area is 96.9 Å². The van der Waals surface area contributed by atoms with E-state index in [-0.39, 0.29) is 0 Å². The largest absolute Gasteiger partial charge is 0.340 e. The maximum absolute atomic E-state index is 5.58. The van der Waals surface area contributed by atoms with E-state index in [0.717, 1.165) is 21.7 Å². The van der Waals surface area contributed by atoms with Gasteiger partial charge in [-0.2, -0.15) is 0 Å². The fourth-order valence-electron chi connectivity index (χ4n) is 1.49. The Balaban J connectivity index is 2.50. The van der Waals surface area contributed by atoms with Crippen molar-refractivity contribution >= 4 is 15.9 Å². The predicted octanol–water partition coefficient (Wildman–Crippen LogP) is 2.61. The summed E-state index contributed by atoms with van der Waals surface area (Å²) in [4.78, 5) is 7.60. The van der Waals surface area contributed by atoms with Crippen LogP contribution in [0.15, 0.2) is 28.9 Å². The molecule has 2 aromatic rings. The molecule has 0 spiro atoms. The monoisotopic (exact) mass is 265 g/mol. The van der Waals surface area contributed by atoms with Crippen molar-refractivity contribution in [1.82, 2.24) is 9.97 Å². The van der Waals surface area contributed by atoms with Gasteiger partial charge in [0.25, 0.3) is 0 Å². The van der Waals surface area contributed by atoms with Crippen LogP contribution >= 0.6 is 15.9 Å². The van der Waals surface area contributed by atoms with Gasteiger partial charge in [-0.05, 0) is 28.4 Å². The molecule has 0 saturated carbocycles. The average molecular weight is 266 g/mol. The first-order valence-electron chi connectivity index (χ1n) is 4.73. The van der Waals surface area contributed by atoms with Crippen molar-refractivity contribution < 1.29 is 0 Å². The highest BCUT2D eigenvalue weighted by atomic mass is 79.9. The molecule has 0 fully saturated rings. The maximum Gasteiger partial charge on any atom is 0.139 e. The summed E-state index contributed by atoms with van der Waals surface area (Å²) in [5.41, 5.74) is 8.81. The molecule has 2 rings (SSSR count). The first-order valence-corrected chi connectivity index (χ1v) is 5.52. The SMILES string of the molecule is Cc1ccccc1-c1nc(Br)c(CN)[nH]1. The van der Waals surface area contributed by atoms with Crippen LogP contribution in [0.5, 0.6) is 0 Å². The molecular weight excluding hydrogens is 254 g/mol. The summed E-state index contributed by atoms with van der Waals surface area (Å²) >= 11 is 3.38. The Morgan fingerprint density at radius 3 is 2.73 bits per heavy atom. The van der Waals surface area contributed by atoms with Gasteiger partial charge < -0.3 is 10.7 Å². The molecule has 1 aromatic heterocycles. The van der Waals surface area contributed by atoms with E-state index in [1.54, 1.807) is 0 Å². The standard InChI is InChI=1S/C11H12BrN3/c1-7-4-2-3-5-8(7)11-14-9(6-13)10(12)15-11/h2-5H,6,13H2,1H3,(H,14,15). The summed E-state index contributed by atoms with van der Waals surface area (Å²) < 4.78 is 0.795. The third kappa shape index (κ3) is 1.96. The lowest BCUT2D eigenvalue weighted by molar-refractivity contribution is 1.00. The molecule has 0 aliphatic carbocycles. The van der Waals surface area contributed by atoms with Crippen molar-refractivity contribution in [3.63, 3.8) is 0 Å². The van der Waals surface area contributed by atoms with Crippen LogP contribution < -0.4 is 5.73 Å². The van der Waals surface area contributed by atoms with Crippen molar-refractivity contribution in [2.45, 2.75) is 13.5 Å². The highest BCUT2D eigenvalue weighted by molar-refractivity contribution is 9.10. The molecule has 0 atom stereocenters. The second kappa shape index (κ2) is 4.16. The number of hydrogen-bond donors (Lipinski definition) is 2. The van der Waals surface area contributed by atoms with Gasteiger partial charge in [-0.15, -0.1) is 0 Å². The number of aryl methyl sites for hydroxylation is 1. The average Bonchev–Trinajstić information content (AvgIpc) is 2.60. The molecule has 78 valence electrons. The number of halogens is 1. The molecule has 0 amide bonds. The van der Waals surface area contributed by atoms with E-state index in [9.17, 15) is 0 Å². The number of nitrogens with two attached hydrogens (primary N) is 1. The zero-order chi connectivity index (χ0) is 10.8. The van der Waals surface area contributed by atoms with Gasteiger partial charge in [-0.3, -0.25) is 0 Å². The Morgan fingerprint density at radius 2 is 2.13 bits per heavy atom. The van der Waals surface area contributed by atoms with Crippen molar-refractivity contribution in [2.75, 3.05) is 0 Å². The van der Waals surface area contributed by atoms with Crippen molar-refractivity contribution in [1.29, 1.82) is 0 Å². The van der Waals surface area contributed by atoms with E-state index in [2.05, 4.69) is 38.9 Å². The fourth-order valence-corrected chi connectivity index (χ4v) is 1.93. The van der Waals surface area contributed by atoms with Gasteiger partial charge in [0, 0.05) is 12.1 Å². The van der Waals surface area contributed by atoms with Crippen LogP contribution in [0.1, 0.15) is 11.3 Å². The number of nitrogens with zero attached hydrogens (tertiary/aromatic N) is 1. The van der Waals surface area contributed by atoms with E-state index in [0.29, 0.717) is 6.54 Å². The van der Waals surface area contributed by atoms with Crippen LogP contribution in [0.2, 0.25) is 0 Å². The lowest BCUT2D eigenvalue weighted by atomic mass is 10.1. The van der Waals surface area contributed by atoms with Crippen LogP contribution in [-0.4, -0.2) is 9.97 Å². The minimum absolute atomic E-state index is 0.458. The summed E-state index contributed by atoms with van der Waals surface area (Å²) in [6, 6.07) is 8.12. The summed E-state index contributed by atoms with van der Waals surface area (Å²) in [5.74, 6) is 0.862. The van der Waals surface area contributed by atoms with Gasteiger partial charge in [0.05, 0.1) is 5.69 Å². The Kier molecular flexibility index (Phi) is 2.88. The lowest BCUT2D eigenvalue weighted by Gasteiger charge is -2.00. The number of aromatic nitrogens is 2. The third-order valence-electron chi connectivity index (χ3n) is 2.33. The second-order valence-electron chi connectivity index (χ2n) is 3.37. The predicted molar refractivity (Wildman–Crippen MR) is 64.4 cm³/mol. The topological polar surface area (TPSA) is 54.7 Å². The molecule has 1 aromatic carbocycles. The van der Waals surface area contributed by atoms with Crippen LogP contribution in [0.25, 0.3) is 11.4 Å². The maximum atomic E-state index is 5.58. The molecular formula is C11H12BrN3. The summed E-state index contributed by atoms with van der Waals surface area (Å²) in [7, 11) is 0. The fraction of sp³-hybridized carbons (Fsp3) is 0.182. The molecule has 3 nitrogen and oxygen atoms in total. The molecule has 0 saturated heterocycles. The van der Waals surface area contributed by atoms with Gasteiger partial charge in [0.1, 0.15) is 10.4 Å². The van der Waals surface area contributed by atoms with E-state index in [1.165, 1.54) is 5.56 Å². The van der Waals surface area contributed by atoms with E-state index in [4.69, 9.17) is 5.73 Å². The van der Waals surface area contributed by atoms with Gasteiger partial charge >= 0.3 is 0 Å². The summed E-state index contributed by atoms with van der Waals surface area (Å²) in [6.07, 6.45) is 0. The molecule has 0 aliphatic rings. The Bertz CT molecular complexity index is 476. The number of rotatable bonds is 2. The van der Waals surface area contributed by atoms with Crippen molar-refractivity contribution in [3.8, 4) is 11.4 Å². The zero-order valence-electron chi connectivity index (χ0n) is 8.42. The molecule has 1 heterocycles. The lowest BCUT2D eigenvalue weighted by Crippen LogP contribution is -1.97. The van der Waals surface area contributed by atoms with Gasteiger partial charge in [0.2, 0.25) is 0 Å². The Morgan fingerprint density at radius 1 is 1.40 bits per heavy atom. The minimum Gasteiger partial charge on any atom is -0.340 e. The van der Waals surface area contributed by atoms with Gasteiger partial charge in [0.15, 0.2) is 0 Å². The molecule has 15 heavy (non-hydrogen) atoms. The first kappa shape index (κ1) is 10.4. The summed E-state index contributed by atoms with van der Waals surface area (Å²) in [5, 5.41) is 0. The van der Waals surface area contributed by atoms with Crippen molar-refractivity contribution in [3.05, 3.63) is 40.1 Å². The molecule has 3 N–H and O–H groups in total. The van der Waals surface area contributed by atoms with E-state index < -0.39 is 0 Å². The zero-order valence-corrected chi connectivity index (χ0v) is 10.0. The molecule has 0 unspecified atom stereocenters. The van der Waals surface area contributed by atoms with E-state index >= 15 is 0 Å². The van der Waals surface area contributed by atoms with Gasteiger partial charge in [-0.1, -0.05) is 24.3 Å². The number of imidazole rings is 1.